The minimum absolute atomic E-state index is 0.436. The second kappa shape index (κ2) is 4.82. The van der Waals surface area contributed by atoms with Gasteiger partial charge in [0.15, 0.2) is 0 Å². The van der Waals surface area contributed by atoms with Crippen molar-refractivity contribution in [3.8, 4) is 23.0 Å². The lowest BCUT2D eigenvalue weighted by molar-refractivity contribution is 0.432. The maximum absolute atomic E-state index is 6.02. The first-order valence-electron chi connectivity index (χ1n) is 5.75. The molecule has 3 aromatic rings. The molecule has 2 heterocycles. The number of pyridine rings is 1. The molecule has 0 aliphatic heterocycles. The number of nitrogens with zero attached hydrogens (tertiary/aromatic N) is 3. The first-order valence-corrected chi connectivity index (χ1v) is 6.13. The molecule has 0 aliphatic carbocycles. The standard InChI is InChI=1S/C14H10ClN3O/c1-9-6-10(8-11(15)7-9)14-17-13(18-19-14)12-4-2-3-5-16-12/h2-8H,1H3. The fourth-order valence-electron chi connectivity index (χ4n) is 1.80. The third-order valence-electron chi connectivity index (χ3n) is 2.61. The van der Waals surface area contributed by atoms with Crippen LogP contribution in [0.2, 0.25) is 5.02 Å². The lowest BCUT2D eigenvalue weighted by Crippen LogP contribution is -1.84. The Labute approximate surface area is 115 Å². The van der Waals surface area contributed by atoms with Crippen LogP contribution in [-0.2, 0) is 0 Å². The van der Waals surface area contributed by atoms with Gasteiger partial charge in [0.05, 0.1) is 0 Å². The van der Waals surface area contributed by atoms with E-state index in [1.807, 2.05) is 37.3 Å². The molecular formula is C14H10ClN3O. The normalized spacial score (nSPS) is 10.6. The van der Waals surface area contributed by atoms with Crippen molar-refractivity contribution in [2.24, 2.45) is 0 Å². The van der Waals surface area contributed by atoms with Crippen LogP contribution in [0.4, 0.5) is 0 Å². The highest BCUT2D eigenvalue weighted by atomic mass is 35.5. The molecule has 0 radical (unpaired) electrons. The maximum Gasteiger partial charge on any atom is 0.258 e. The molecule has 19 heavy (non-hydrogen) atoms. The van der Waals surface area contributed by atoms with Crippen molar-refractivity contribution in [3.05, 3.63) is 53.2 Å². The summed E-state index contributed by atoms with van der Waals surface area (Å²) in [6.07, 6.45) is 1.69. The van der Waals surface area contributed by atoms with E-state index in [1.165, 1.54) is 0 Å². The Hall–Kier alpha value is -2.20. The lowest BCUT2D eigenvalue weighted by Gasteiger charge is -1.98. The predicted molar refractivity (Wildman–Crippen MR) is 72.7 cm³/mol. The van der Waals surface area contributed by atoms with Gasteiger partial charge in [-0.25, -0.2) is 0 Å². The highest BCUT2D eigenvalue weighted by molar-refractivity contribution is 6.30. The van der Waals surface area contributed by atoms with Crippen LogP contribution in [0.3, 0.4) is 0 Å². The molecule has 4 nitrogen and oxygen atoms in total. The van der Waals surface area contributed by atoms with Gasteiger partial charge < -0.3 is 4.52 Å². The zero-order valence-electron chi connectivity index (χ0n) is 10.2. The second-order valence-corrected chi connectivity index (χ2v) is 4.59. The van der Waals surface area contributed by atoms with Gasteiger partial charge in [-0.1, -0.05) is 22.8 Å². The van der Waals surface area contributed by atoms with E-state index in [1.54, 1.807) is 12.3 Å². The minimum atomic E-state index is 0.436. The van der Waals surface area contributed by atoms with Gasteiger partial charge in [0.25, 0.3) is 5.89 Å². The molecule has 0 unspecified atom stereocenters. The van der Waals surface area contributed by atoms with Crippen LogP contribution < -0.4 is 0 Å². The molecule has 0 saturated heterocycles. The molecule has 1 aromatic carbocycles. The largest absolute Gasteiger partial charge is 0.334 e. The van der Waals surface area contributed by atoms with Gasteiger partial charge in [0.2, 0.25) is 5.82 Å². The predicted octanol–water partition coefficient (Wildman–Crippen LogP) is 3.76. The zero-order valence-corrected chi connectivity index (χ0v) is 10.9. The van der Waals surface area contributed by atoms with Crippen molar-refractivity contribution >= 4 is 11.6 Å². The molecule has 5 heteroatoms. The first-order chi connectivity index (χ1) is 9.22. The minimum Gasteiger partial charge on any atom is -0.334 e. The van der Waals surface area contributed by atoms with Gasteiger partial charge in [-0.05, 0) is 42.8 Å². The molecule has 0 saturated carbocycles. The van der Waals surface area contributed by atoms with Crippen molar-refractivity contribution < 1.29 is 4.52 Å². The molecule has 94 valence electrons. The molecule has 0 fully saturated rings. The lowest BCUT2D eigenvalue weighted by atomic mass is 10.1. The van der Waals surface area contributed by atoms with Crippen LogP contribution in [0, 0.1) is 6.92 Å². The summed E-state index contributed by atoms with van der Waals surface area (Å²) in [5.74, 6) is 0.902. The zero-order chi connectivity index (χ0) is 13.2. The number of hydrogen-bond acceptors (Lipinski definition) is 4. The molecule has 0 N–H and O–H groups in total. The summed E-state index contributed by atoms with van der Waals surface area (Å²) in [5, 5.41) is 4.58. The van der Waals surface area contributed by atoms with Crippen molar-refractivity contribution in [1.29, 1.82) is 0 Å². The molecule has 0 bridgehead atoms. The van der Waals surface area contributed by atoms with Crippen LogP contribution in [0.5, 0.6) is 0 Å². The van der Waals surface area contributed by atoms with E-state index in [2.05, 4.69) is 15.1 Å². The van der Waals surface area contributed by atoms with Crippen LogP contribution >= 0.6 is 11.6 Å². The average molecular weight is 272 g/mol. The summed E-state index contributed by atoms with van der Waals surface area (Å²) in [5.41, 5.74) is 2.52. The Bertz CT molecular complexity index is 689. The molecule has 0 atom stereocenters. The topological polar surface area (TPSA) is 51.8 Å². The van der Waals surface area contributed by atoms with Gasteiger partial charge in [0.1, 0.15) is 5.69 Å². The number of hydrogen-bond donors (Lipinski definition) is 0. The Morgan fingerprint density at radius 2 is 2.05 bits per heavy atom. The summed E-state index contributed by atoms with van der Waals surface area (Å²) in [6.45, 7) is 1.96. The fourth-order valence-corrected chi connectivity index (χ4v) is 2.09. The Morgan fingerprint density at radius 1 is 1.16 bits per heavy atom. The number of benzene rings is 1. The van der Waals surface area contributed by atoms with E-state index in [0.717, 1.165) is 11.1 Å². The molecule has 3 rings (SSSR count). The van der Waals surface area contributed by atoms with E-state index in [9.17, 15) is 0 Å². The van der Waals surface area contributed by atoms with Crippen LogP contribution in [0.25, 0.3) is 23.0 Å². The van der Waals surface area contributed by atoms with Crippen LogP contribution in [-0.4, -0.2) is 15.1 Å². The Kier molecular flexibility index (Phi) is 3.01. The van der Waals surface area contributed by atoms with Crippen molar-refractivity contribution in [3.63, 3.8) is 0 Å². The van der Waals surface area contributed by atoms with Gasteiger partial charge in [-0.3, -0.25) is 4.98 Å². The van der Waals surface area contributed by atoms with Crippen molar-refractivity contribution in [1.82, 2.24) is 15.1 Å². The van der Waals surface area contributed by atoms with E-state index in [-0.39, 0.29) is 0 Å². The van der Waals surface area contributed by atoms with Gasteiger partial charge in [0, 0.05) is 16.8 Å². The Balaban J connectivity index is 2.02. The summed E-state index contributed by atoms with van der Waals surface area (Å²) >= 11 is 6.02. The summed E-state index contributed by atoms with van der Waals surface area (Å²) in [4.78, 5) is 8.51. The van der Waals surface area contributed by atoms with E-state index in [0.29, 0.717) is 22.4 Å². The molecule has 0 aliphatic rings. The monoisotopic (exact) mass is 271 g/mol. The van der Waals surface area contributed by atoms with Gasteiger partial charge in [-0.15, -0.1) is 0 Å². The maximum atomic E-state index is 6.02. The highest BCUT2D eigenvalue weighted by Gasteiger charge is 2.11. The number of aromatic nitrogens is 3. The van der Waals surface area contributed by atoms with E-state index in [4.69, 9.17) is 16.1 Å². The number of rotatable bonds is 2. The fraction of sp³-hybridized carbons (Fsp3) is 0.0714. The molecule has 0 amide bonds. The second-order valence-electron chi connectivity index (χ2n) is 4.16. The SMILES string of the molecule is Cc1cc(Cl)cc(-c2nc(-c3ccccn3)no2)c1. The van der Waals surface area contributed by atoms with Crippen LogP contribution in [0.1, 0.15) is 5.56 Å². The number of aryl methyl sites for hydroxylation is 1. The first kappa shape index (κ1) is 11.9. The van der Waals surface area contributed by atoms with Gasteiger partial charge >= 0.3 is 0 Å². The third kappa shape index (κ3) is 2.48. The van der Waals surface area contributed by atoms with E-state index < -0.39 is 0 Å². The molecule has 0 spiro atoms. The van der Waals surface area contributed by atoms with Gasteiger partial charge in [-0.2, -0.15) is 4.98 Å². The summed E-state index contributed by atoms with van der Waals surface area (Å²) < 4.78 is 5.26. The average Bonchev–Trinajstić information content (AvgIpc) is 2.88. The quantitative estimate of drug-likeness (QED) is 0.712. The summed E-state index contributed by atoms with van der Waals surface area (Å²) in [7, 11) is 0. The number of halogens is 1. The molecular weight excluding hydrogens is 262 g/mol. The summed E-state index contributed by atoms with van der Waals surface area (Å²) in [6, 6.07) is 11.2. The smallest absolute Gasteiger partial charge is 0.258 e. The van der Waals surface area contributed by atoms with Crippen LogP contribution in [0.15, 0.2) is 47.1 Å². The van der Waals surface area contributed by atoms with E-state index >= 15 is 0 Å². The van der Waals surface area contributed by atoms with Crippen molar-refractivity contribution in [2.75, 3.05) is 0 Å². The van der Waals surface area contributed by atoms with Crippen molar-refractivity contribution in [2.45, 2.75) is 6.92 Å². The highest BCUT2D eigenvalue weighted by Crippen LogP contribution is 2.25. The third-order valence-corrected chi connectivity index (χ3v) is 2.83. The Morgan fingerprint density at radius 3 is 2.79 bits per heavy atom. The molecule has 2 aromatic heterocycles.